The summed E-state index contributed by atoms with van der Waals surface area (Å²) in [6.07, 6.45) is -4.64. The molecular formula is C6H7F3N2O2. The number of aryl methyl sites for hydroxylation is 1. The van der Waals surface area contributed by atoms with Gasteiger partial charge in [0.2, 0.25) is 0 Å². The van der Waals surface area contributed by atoms with Gasteiger partial charge < -0.3 is 5.11 Å². The van der Waals surface area contributed by atoms with Gasteiger partial charge in [0, 0.05) is 7.05 Å². The fourth-order valence-corrected chi connectivity index (χ4v) is 0.976. The molecule has 1 heterocycles. The zero-order valence-electron chi connectivity index (χ0n) is 6.64. The molecule has 0 radical (unpaired) electrons. The topological polar surface area (TPSA) is 58.0 Å². The maximum Gasteiger partial charge on any atom is 0.433 e. The molecule has 1 aromatic rings. The normalized spacial score (nSPS) is 12.1. The van der Waals surface area contributed by atoms with Crippen molar-refractivity contribution in [3.8, 4) is 0 Å². The van der Waals surface area contributed by atoms with E-state index in [1.165, 1.54) is 0 Å². The number of hydrogen-bond acceptors (Lipinski definition) is 2. The lowest BCUT2D eigenvalue weighted by Gasteiger charge is -2.03. The van der Waals surface area contributed by atoms with Gasteiger partial charge in [-0.3, -0.25) is 14.6 Å². The highest BCUT2D eigenvalue weighted by molar-refractivity contribution is 5.19. The Morgan fingerprint density at radius 2 is 2.08 bits per heavy atom. The van der Waals surface area contributed by atoms with E-state index in [0.29, 0.717) is 4.68 Å². The monoisotopic (exact) mass is 196 g/mol. The molecule has 0 spiro atoms. The summed E-state index contributed by atoms with van der Waals surface area (Å²) in [5.74, 6) is 0. The number of H-pyrrole nitrogens is 1. The quantitative estimate of drug-likeness (QED) is 0.675. The highest BCUT2D eigenvalue weighted by Crippen LogP contribution is 2.28. The third kappa shape index (κ3) is 1.59. The summed E-state index contributed by atoms with van der Waals surface area (Å²) < 4.78 is 37.1. The average Bonchev–Trinajstić information content (AvgIpc) is 2.28. The van der Waals surface area contributed by atoms with Crippen LogP contribution < -0.4 is 5.56 Å². The number of aliphatic hydroxyl groups is 1. The molecule has 0 aromatic carbocycles. The van der Waals surface area contributed by atoms with Gasteiger partial charge in [-0.05, 0) is 0 Å². The molecule has 0 aliphatic heterocycles. The van der Waals surface area contributed by atoms with Crippen molar-refractivity contribution >= 4 is 0 Å². The Hall–Kier alpha value is -1.24. The zero-order chi connectivity index (χ0) is 10.2. The van der Waals surface area contributed by atoms with Crippen LogP contribution in [0, 0.1) is 0 Å². The van der Waals surface area contributed by atoms with Crippen molar-refractivity contribution < 1.29 is 18.3 Å². The molecule has 0 fully saturated rings. The first-order chi connectivity index (χ1) is 5.88. The molecule has 0 saturated carbocycles. The molecule has 74 valence electrons. The zero-order valence-corrected chi connectivity index (χ0v) is 6.64. The van der Waals surface area contributed by atoms with Crippen LogP contribution in [0.15, 0.2) is 4.79 Å². The van der Waals surface area contributed by atoms with Crippen LogP contribution in [0.4, 0.5) is 13.2 Å². The largest absolute Gasteiger partial charge is 0.433 e. The van der Waals surface area contributed by atoms with Gasteiger partial charge in [-0.2, -0.15) is 13.2 Å². The van der Waals surface area contributed by atoms with E-state index in [1.807, 2.05) is 5.10 Å². The van der Waals surface area contributed by atoms with E-state index in [9.17, 15) is 18.0 Å². The van der Waals surface area contributed by atoms with Crippen molar-refractivity contribution in [3.63, 3.8) is 0 Å². The molecule has 13 heavy (non-hydrogen) atoms. The highest BCUT2D eigenvalue weighted by Gasteiger charge is 2.37. The third-order valence-corrected chi connectivity index (χ3v) is 1.59. The number of nitrogens with zero attached hydrogens (tertiary/aromatic N) is 1. The Balaban J connectivity index is 3.39. The van der Waals surface area contributed by atoms with Gasteiger partial charge in [-0.1, -0.05) is 0 Å². The number of aromatic amines is 1. The van der Waals surface area contributed by atoms with Gasteiger partial charge in [0.05, 0.1) is 12.2 Å². The summed E-state index contributed by atoms with van der Waals surface area (Å²) in [7, 11) is 1.15. The van der Waals surface area contributed by atoms with Crippen molar-refractivity contribution in [1.29, 1.82) is 0 Å². The van der Waals surface area contributed by atoms with Crippen LogP contribution in [0.3, 0.4) is 0 Å². The van der Waals surface area contributed by atoms with Crippen molar-refractivity contribution in [2.75, 3.05) is 0 Å². The van der Waals surface area contributed by atoms with Crippen molar-refractivity contribution in [2.45, 2.75) is 12.8 Å². The second kappa shape index (κ2) is 2.91. The Kier molecular flexibility index (Phi) is 2.21. The number of aliphatic hydroxyl groups excluding tert-OH is 1. The number of aromatic nitrogens is 2. The van der Waals surface area contributed by atoms with Crippen LogP contribution in [0.5, 0.6) is 0 Å². The minimum atomic E-state index is -4.64. The molecule has 0 saturated heterocycles. The van der Waals surface area contributed by atoms with E-state index in [1.54, 1.807) is 0 Å². The van der Waals surface area contributed by atoms with Crippen LogP contribution >= 0.6 is 0 Å². The first-order valence-electron chi connectivity index (χ1n) is 3.34. The number of rotatable bonds is 1. The Morgan fingerprint density at radius 1 is 1.54 bits per heavy atom. The average molecular weight is 196 g/mol. The predicted molar refractivity (Wildman–Crippen MR) is 37.0 cm³/mol. The summed E-state index contributed by atoms with van der Waals surface area (Å²) in [4.78, 5) is 10.9. The smallest absolute Gasteiger partial charge is 0.391 e. The van der Waals surface area contributed by atoms with Gasteiger partial charge in [0.15, 0.2) is 0 Å². The van der Waals surface area contributed by atoms with Crippen molar-refractivity contribution in [2.24, 2.45) is 7.05 Å². The fourth-order valence-electron chi connectivity index (χ4n) is 0.976. The molecule has 0 bridgehead atoms. The Morgan fingerprint density at radius 3 is 2.38 bits per heavy atom. The summed E-state index contributed by atoms with van der Waals surface area (Å²) in [6, 6.07) is 0. The van der Waals surface area contributed by atoms with Gasteiger partial charge in [0.1, 0.15) is 5.69 Å². The molecule has 0 amide bonds. The summed E-state index contributed by atoms with van der Waals surface area (Å²) in [5.41, 5.74) is -2.72. The van der Waals surface area contributed by atoms with E-state index < -0.39 is 29.6 Å². The lowest BCUT2D eigenvalue weighted by atomic mass is 10.2. The van der Waals surface area contributed by atoms with Crippen LogP contribution in [0.1, 0.15) is 11.3 Å². The summed E-state index contributed by atoms with van der Waals surface area (Å²) in [6.45, 7) is -0.926. The lowest BCUT2D eigenvalue weighted by molar-refractivity contribution is -0.142. The molecular weight excluding hydrogens is 189 g/mol. The first kappa shape index (κ1) is 9.85. The van der Waals surface area contributed by atoms with E-state index in [4.69, 9.17) is 5.11 Å². The van der Waals surface area contributed by atoms with Gasteiger partial charge in [0.25, 0.3) is 5.56 Å². The van der Waals surface area contributed by atoms with Crippen LogP contribution in [0.2, 0.25) is 0 Å². The third-order valence-electron chi connectivity index (χ3n) is 1.59. The molecule has 0 atom stereocenters. The molecule has 1 aromatic heterocycles. The SMILES string of the molecule is Cn1[nH]c(C(F)(F)F)c(CO)c1=O. The number of nitrogens with one attached hydrogen (secondary N) is 1. The van der Waals surface area contributed by atoms with Gasteiger partial charge >= 0.3 is 6.18 Å². The Bertz CT molecular complexity index is 363. The van der Waals surface area contributed by atoms with E-state index in [0.717, 1.165) is 7.05 Å². The molecule has 4 nitrogen and oxygen atoms in total. The van der Waals surface area contributed by atoms with Gasteiger partial charge in [-0.15, -0.1) is 0 Å². The van der Waals surface area contributed by atoms with E-state index in [2.05, 4.69) is 0 Å². The second-order valence-electron chi connectivity index (χ2n) is 2.49. The number of halogens is 3. The minimum Gasteiger partial charge on any atom is -0.391 e. The number of alkyl halides is 3. The standard InChI is InChI=1S/C6H7F3N2O2/c1-11-5(13)3(2-12)4(10-11)6(7,8)9/h10,12H,2H2,1H3. The maximum atomic E-state index is 12.1. The maximum absolute atomic E-state index is 12.1. The van der Waals surface area contributed by atoms with Gasteiger partial charge in [-0.25, -0.2) is 0 Å². The molecule has 0 unspecified atom stereocenters. The minimum absolute atomic E-state index is 0.657. The van der Waals surface area contributed by atoms with Crippen molar-refractivity contribution in [3.05, 3.63) is 21.6 Å². The summed E-state index contributed by atoms with van der Waals surface area (Å²) >= 11 is 0. The highest BCUT2D eigenvalue weighted by atomic mass is 19.4. The summed E-state index contributed by atoms with van der Waals surface area (Å²) in [5, 5.41) is 10.4. The fraction of sp³-hybridized carbons (Fsp3) is 0.500. The molecule has 2 N–H and O–H groups in total. The predicted octanol–water partition coefficient (Wildman–Crippen LogP) is 0.225. The molecule has 0 aliphatic carbocycles. The number of hydrogen-bond donors (Lipinski definition) is 2. The lowest BCUT2D eigenvalue weighted by Crippen LogP contribution is -2.16. The molecule has 0 aliphatic rings. The molecule has 7 heteroatoms. The first-order valence-corrected chi connectivity index (χ1v) is 3.34. The second-order valence-corrected chi connectivity index (χ2v) is 2.49. The Labute approximate surface area is 70.6 Å². The molecule has 1 rings (SSSR count). The van der Waals surface area contributed by atoms with Crippen LogP contribution in [-0.4, -0.2) is 14.9 Å². The van der Waals surface area contributed by atoms with Crippen LogP contribution in [0.25, 0.3) is 0 Å². The van der Waals surface area contributed by atoms with E-state index in [-0.39, 0.29) is 0 Å². The van der Waals surface area contributed by atoms with Crippen LogP contribution in [-0.2, 0) is 19.8 Å². The van der Waals surface area contributed by atoms with Crippen molar-refractivity contribution in [1.82, 2.24) is 9.78 Å². The van der Waals surface area contributed by atoms with E-state index >= 15 is 0 Å².